The molecule has 5 rings (SSSR count). The molecule has 0 unspecified atom stereocenters. The molecular weight excluding hydrogens is 378 g/mol. The van der Waals surface area contributed by atoms with Crippen molar-refractivity contribution in [3.8, 4) is 5.75 Å². The van der Waals surface area contributed by atoms with Crippen molar-refractivity contribution in [3.63, 3.8) is 0 Å². The third-order valence-corrected chi connectivity index (χ3v) is 7.18. The molecule has 0 radical (unpaired) electrons. The number of benzene rings is 1. The molecule has 1 aliphatic heterocycles. The van der Waals surface area contributed by atoms with Crippen LogP contribution in [0.15, 0.2) is 36.4 Å². The topological polar surface area (TPSA) is 63.7 Å². The Balaban J connectivity index is 1.21. The van der Waals surface area contributed by atoms with Crippen LogP contribution in [0.25, 0.3) is 0 Å². The van der Waals surface area contributed by atoms with E-state index in [1.54, 1.807) is 29.2 Å². The normalized spacial score (nSPS) is 36.1. The summed E-state index contributed by atoms with van der Waals surface area (Å²) >= 11 is 5.85. The molecule has 6 heteroatoms. The van der Waals surface area contributed by atoms with E-state index in [1.807, 2.05) is 0 Å². The summed E-state index contributed by atoms with van der Waals surface area (Å²) in [5.74, 6) is 0.251. The predicted octanol–water partition coefficient (Wildman–Crippen LogP) is 3.61. The molecule has 1 aromatic rings. The van der Waals surface area contributed by atoms with Gasteiger partial charge in [-0.3, -0.25) is 19.3 Å². The number of nitrogens with zero attached hydrogens (tertiary/aromatic N) is 1. The zero-order chi connectivity index (χ0) is 19.4. The van der Waals surface area contributed by atoms with Crippen molar-refractivity contribution >= 4 is 29.4 Å². The third kappa shape index (κ3) is 2.79. The van der Waals surface area contributed by atoms with Crippen molar-refractivity contribution < 1.29 is 19.1 Å². The standard InChI is InChI=1S/C22H22ClNO4/c23-15-5-9-17(10-6-15)28-22(27)12-3-7-16(8-4-12)24-20(25)18-13-1-2-14(11-13)19(18)21(24)26/h1-2,5-6,9-10,12-14,16,18-19H,3-4,7-8,11H2/t12?,13-,14-,16?,18-,19+/m1/s1. The highest BCUT2D eigenvalue weighted by Gasteiger charge is 2.60. The SMILES string of the molecule is O=C(Oc1ccc(Cl)cc1)C1CCC(N2C(=O)[C@@H]3[C@H](C2=O)[C@@H]2C=C[C@@H]3C2)CC1. The minimum atomic E-state index is -0.251. The average molecular weight is 400 g/mol. The van der Waals surface area contributed by atoms with Crippen molar-refractivity contribution in [1.29, 1.82) is 0 Å². The molecule has 2 bridgehead atoms. The molecule has 146 valence electrons. The lowest BCUT2D eigenvalue weighted by Gasteiger charge is -2.33. The second kappa shape index (κ2) is 6.73. The molecule has 1 heterocycles. The number of fused-ring (bicyclic) bond motifs is 5. The number of carbonyl (C=O) groups is 3. The van der Waals surface area contributed by atoms with Gasteiger partial charge in [0.05, 0.1) is 17.8 Å². The largest absolute Gasteiger partial charge is 0.426 e. The molecule has 0 aromatic heterocycles. The zero-order valence-electron chi connectivity index (χ0n) is 15.4. The molecule has 2 saturated carbocycles. The Hall–Kier alpha value is -2.14. The van der Waals surface area contributed by atoms with Gasteiger partial charge in [0.1, 0.15) is 5.75 Å². The van der Waals surface area contributed by atoms with Crippen LogP contribution in [0.2, 0.25) is 5.02 Å². The van der Waals surface area contributed by atoms with Crippen LogP contribution in [0.4, 0.5) is 0 Å². The van der Waals surface area contributed by atoms with Gasteiger partial charge in [-0.25, -0.2) is 0 Å². The second-order valence-electron chi connectivity index (χ2n) is 8.43. The minimum absolute atomic E-state index is 0.0130. The minimum Gasteiger partial charge on any atom is -0.426 e. The summed E-state index contributed by atoms with van der Waals surface area (Å²) in [4.78, 5) is 39.9. The van der Waals surface area contributed by atoms with Gasteiger partial charge in [0.2, 0.25) is 11.8 Å². The number of ether oxygens (including phenoxy) is 1. The molecule has 0 N–H and O–H groups in total. The maximum atomic E-state index is 12.9. The zero-order valence-corrected chi connectivity index (χ0v) is 16.2. The average Bonchev–Trinajstić information content (AvgIpc) is 3.38. The van der Waals surface area contributed by atoms with Crippen LogP contribution in [-0.4, -0.2) is 28.7 Å². The summed E-state index contributed by atoms with van der Waals surface area (Å²) in [6, 6.07) is 6.64. The van der Waals surface area contributed by atoms with Gasteiger partial charge in [-0.05, 0) is 68.2 Å². The molecule has 2 amide bonds. The first-order valence-corrected chi connectivity index (χ1v) is 10.4. The molecule has 1 aromatic carbocycles. The first kappa shape index (κ1) is 17.9. The van der Waals surface area contributed by atoms with E-state index in [0.717, 1.165) is 6.42 Å². The smallest absolute Gasteiger partial charge is 0.314 e. The molecule has 3 fully saturated rings. The number of carbonyl (C=O) groups excluding carboxylic acids is 3. The second-order valence-corrected chi connectivity index (χ2v) is 8.86. The van der Waals surface area contributed by atoms with Gasteiger partial charge in [0.15, 0.2) is 0 Å². The van der Waals surface area contributed by atoms with Crippen molar-refractivity contribution in [2.24, 2.45) is 29.6 Å². The van der Waals surface area contributed by atoms with Crippen LogP contribution in [-0.2, 0) is 14.4 Å². The van der Waals surface area contributed by atoms with E-state index in [9.17, 15) is 14.4 Å². The Bertz CT molecular complexity index is 826. The molecule has 1 saturated heterocycles. The molecule has 3 aliphatic carbocycles. The maximum absolute atomic E-state index is 12.9. The number of amides is 2. The van der Waals surface area contributed by atoms with E-state index in [4.69, 9.17) is 16.3 Å². The molecular formula is C22H22ClNO4. The molecule has 5 nitrogen and oxygen atoms in total. The van der Waals surface area contributed by atoms with Gasteiger partial charge >= 0.3 is 5.97 Å². The number of halogens is 1. The number of hydrogen-bond donors (Lipinski definition) is 0. The van der Waals surface area contributed by atoms with Crippen LogP contribution >= 0.6 is 11.6 Å². The van der Waals surface area contributed by atoms with Gasteiger partial charge in [0.25, 0.3) is 0 Å². The first-order chi connectivity index (χ1) is 13.5. The lowest BCUT2D eigenvalue weighted by molar-refractivity contribution is -0.145. The maximum Gasteiger partial charge on any atom is 0.314 e. The number of imide groups is 1. The summed E-state index contributed by atoms with van der Waals surface area (Å²) < 4.78 is 5.46. The van der Waals surface area contributed by atoms with E-state index in [0.29, 0.717) is 36.5 Å². The summed E-state index contributed by atoms with van der Waals surface area (Å²) in [6.07, 6.45) is 7.78. The lowest BCUT2D eigenvalue weighted by atomic mass is 9.85. The van der Waals surface area contributed by atoms with Gasteiger partial charge in [-0.15, -0.1) is 0 Å². The van der Waals surface area contributed by atoms with Crippen LogP contribution in [0, 0.1) is 29.6 Å². The Morgan fingerprint density at radius 3 is 2.07 bits per heavy atom. The summed E-state index contributed by atoms with van der Waals surface area (Å²) in [6.45, 7) is 0. The number of allylic oxidation sites excluding steroid dienone is 2. The summed E-state index contributed by atoms with van der Waals surface area (Å²) in [5, 5.41) is 0.591. The van der Waals surface area contributed by atoms with Crippen LogP contribution in [0.5, 0.6) is 5.75 Å². The molecule has 4 aliphatic rings. The highest BCUT2D eigenvalue weighted by Crippen LogP contribution is 2.53. The molecule has 28 heavy (non-hydrogen) atoms. The highest BCUT2D eigenvalue weighted by atomic mass is 35.5. The van der Waals surface area contributed by atoms with Crippen molar-refractivity contribution in [1.82, 2.24) is 4.90 Å². The Labute approximate surface area is 168 Å². The van der Waals surface area contributed by atoms with Crippen molar-refractivity contribution in [2.45, 2.75) is 38.1 Å². The van der Waals surface area contributed by atoms with Crippen molar-refractivity contribution in [2.75, 3.05) is 0 Å². The fourth-order valence-corrected chi connectivity index (χ4v) is 5.68. The van der Waals surface area contributed by atoms with E-state index in [-0.39, 0.29) is 53.4 Å². The Kier molecular flexibility index (Phi) is 4.31. The fourth-order valence-electron chi connectivity index (χ4n) is 5.56. The molecule has 0 spiro atoms. The van der Waals surface area contributed by atoms with E-state index in [1.165, 1.54) is 0 Å². The van der Waals surface area contributed by atoms with E-state index >= 15 is 0 Å². The van der Waals surface area contributed by atoms with E-state index < -0.39 is 0 Å². The number of esters is 1. The lowest BCUT2D eigenvalue weighted by Crippen LogP contribution is -2.44. The van der Waals surface area contributed by atoms with Gasteiger partial charge in [-0.1, -0.05) is 23.8 Å². The quantitative estimate of drug-likeness (QED) is 0.337. The van der Waals surface area contributed by atoms with Gasteiger partial charge in [-0.2, -0.15) is 0 Å². The Morgan fingerprint density at radius 1 is 0.929 bits per heavy atom. The van der Waals surface area contributed by atoms with Crippen LogP contribution in [0.1, 0.15) is 32.1 Å². The summed E-state index contributed by atoms with van der Waals surface area (Å²) in [7, 11) is 0. The van der Waals surface area contributed by atoms with Crippen LogP contribution < -0.4 is 4.74 Å². The number of hydrogen-bond acceptors (Lipinski definition) is 4. The fraction of sp³-hybridized carbons (Fsp3) is 0.500. The third-order valence-electron chi connectivity index (χ3n) is 6.93. The Morgan fingerprint density at radius 2 is 1.50 bits per heavy atom. The highest BCUT2D eigenvalue weighted by molar-refractivity contribution is 6.30. The van der Waals surface area contributed by atoms with Gasteiger partial charge < -0.3 is 4.74 Å². The van der Waals surface area contributed by atoms with Gasteiger partial charge in [0, 0.05) is 11.1 Å². The van der Waals surface area contributed by atoms with E-state index in [2.05, 4.69) is 12.2 Å². The molecule has 4 atom stereocenters. The monoisotopic (exact) mass is 399 g/mol. The number of rotatable bonds is 3. The summed E-state index contributed by atoms with van der Waals surface area (Å²) in [5.41, 5.74) is 0. The number of likely N-dealkylation sites (tertiary alicyclic amines) is 1. The predicted molar refractivity (Wildman–Crippen MR) is 102 cm³/mol. The first-order valence-electron chi connectivity index (χ1n) is 10.1. The van der Waals surface area contributed by atoms with Crippen molar-refractivity contribution in [3.05, 3.63) is 41.4 Å². The van der Waals surface area contributed by atoms with Crippen LogP contribution in [0.3, 0.4) is 0 Å².